The molecule has 0 saturated carbocycles. The van der Waals surface area contributed by atoms with Gasteiger partial charge in [0, 0.05) is 38.4 Å². The van der Waals surface area contributed by atoms with Gasteiger partial charge in [-0.1, -0.05) is 48.5 Å². The van der Waals surface area contributed by atoms with Crippen LogP contribution in [0.15, 0.2) is 60.7 Å². The van der Waals surface area contributed by atoms with Crippen molar-refractivity contribution >= 4 is 17.7 Å². The molecule has 29 heavy (non-hydrogen) atoms. The Labute approximate surface area is 171 Å². The van der Waals surface area contributed by atoms with Gasteiger partial charge in [0.15, 0.2) is 0 Å². The van der Waals surface area contributed by atoms with Crippen LogP contribution in [0.4, 0.5) is 10.5 Å². The Morgan fingerprint density at radius 2 is 1.52 bits per heavy atom. The lowest BCUT2D eigenvalue weighted by atomic mass is 10.1. The van der Waals surface area contributed by atoms with Gasteiger partial charge in [0.05, 0.1) is 0 Å². The van der Waals surface area contributed by atoms with Crippen LogP contribution in [0.1, 0.15) is 18.4 Å². The summed E-state index contributed by atoms with van der Waals surface area (Å²) < 4.78 is 5.46. The van der Waals surface area contributed by atoms with Gasteiger partial charge in [0.25, 0.3) is 0 Å². The first-order valence-electron chi connectivity index (χ1n) is 10.3. The molecular formula is C23H27N3O3. The van der Waals surface area contributed by atoms with Crippen molar-refractivity contribution in [1.82, 2.24) is 9.80 Å². The van der Waals surface area contributed by atoms with Crippen LogP contribution in [-0.2, 0) is 16.1 Å². The second-order valence-electron chi connectivity index (χ2n) is 7.54. The van der Waals surface area contributed by atoms with Crippen LogP contribution in [0.25, 0.3) is 0 Å². The number of anilines is 1. The van der Waals surface area contributed by atoms with Crippen molar-refractivity contribution in [3.05, 3.63) is 66.2 Å². The average Bonchev–Trinajstić information content (AvgIpc) is 3.28. The van der Waals surface area contributed by atoms with Crippen LogP contribution < -0.4 is 4.90 Å². The summed E-state index contributed by atoms with van der Waals surface area (Å²) in [5.74, 6) is 0.0480. The van der Waals surface area contributed by atoms with E-state index >= 15 is 0 Å². The molecule has 2 aromatic carbocycles. The van der Waals surface area contributed by atoms with Gasteiger partial charge in [-0.05, 0) is 30.5 Å². The molecule has 2 aromatic rings. The number of benzene rings is 2. The maximum Gasteiger partial charge on any atom is 0.410 e. The molecule has 2 amide bonds. The van der Waals surface area contributed by atoms with Crippen molar-refractivity contribution in [3.63, 3.8) is 0 Å². The zero-order valence-electron chi connectivity index (χ0n) is 16.6. The molecule has 2 aliphatic heterocycles. The lowest BCUT2D eigenvalue weighted by Crippen LogP contribution is -2.54. The van der Waals surface area contributed by atoms with Gasteiger partial charge in [-0.25, -0.2) is 4.79 Å². The Morgan fingerprint density at radius 3 is 2.21 bits per heavy atom. The predicted octanol–water partition coefficient (Wildman–Crippen LogP) is 3.14. The first-order valence-corrected chi connectivity index (χ1v) is 10.3. The number of hydrogen-bond donors (Lipinski definition) is 0. The zero-order chi connectivity index (χ0) is 20.1. The molecule has 0 radical (unpaired) electrons. The first-order chi connectivity index (χ1) is 14.2. The van der Waals surface area contributed by atoms with E-state index in [2.05, 4.69) is 17.0 Å². The Balaban J connectivity index is 1.31. The highest BCUT2D eigenvalue weighted by Gasteiger charge is 2.38. The molecule has 0 spiro atoms. The summed E-state index contributed by atoms with van der Waals surface area (Å²) in [6, 6.07) is 19.5. The molecular weight excluding hydrogens is 366 g/mol. The van der Waals surface area contributed by atoms with E-state index < -0.39 is 12.1 Å². The van der Waals surface area contributed by atoms with E-state index in [1.165, 1.54) is 5.69 Å². The van der Waals surface area contributed by atoms with E-state index in [1.54, 1.807) is 4.90 Å². The molecule has 2 fully saturated rings. The normalized spacial score (nSPS) is 19.3. The number of hydrogen-bond acceptors (Lipinski definition) is 4. The number of amides is 2. The Morgan fingerprint density at radius 1 is 0.862 bits per heavy atom. The van der Waals surface area contributed by atoms with Gasteiger partial charge < -0.3 is 14.5 Å². The van der Waals surface area contributed by atoms with Crippen molar-refractivity contribution in [1.29, 1.82) is 0 Å². The van der Waals surface area contributed by atoms with Crippen molar-refractivity contribution in [2.75, 3.05) is 37.6 Å². The highest BCUT2D eigenvalue weighted by molar-refractivity contribution is 5.86. The molecule has 2 heterocycles. The quantitative estimate of drug-likeness (QED) is 0.801. The summed E-state index contributed by atoms with van der Waals surface area (Å²) in [5.41, 5.74) is 2.13. The molecule has 0 aliphatic carbocycles. The van der Waals surface area contributed by atoms with Crippen LogP contribution in [-0.4, -0.2) is 60.6 Å². The monoisotopic (exact) mass is 393 g/mol. The number of nitrogens with zero attached hydrogens (tertiary/aromatic N) is 3. The van der Waals surface area contributed by atoms with Gasteiger partial charge in [-0.2, -0.15) is 0 Å². The SMILES string of the molecule is O=C(C1CCCN1C(=O)OCc1ccccc1)N1CCN(c2ccccc2)CC1. The highest BCUT2D eigenvalue weighted by atomic mass is 16.6. The predicted molar refractivity (Wildman–Crippen MR) is 112 cm³/mol. The van der Waals surface area contributed by atoms with Gasteiger partial charge in [0.2, 0.25) is 5.91 Å². The molecule has 152 valence electrons. The smallest absolute Gasteiger partial charge is 0.410 e. The number of ether oxygens (including phenoxy) is 1. The molecule has 2 saturated heterocycles. The van der Waals surface area contributed by atoms with Gasteiger partial charge in [-0.3, -0.25) is 9.69 Å². The second-order valence-corrected chi connectivity index (χ2v) is 7.54. The standard InChI is InChI=1S/C23H27N3O3/c27-22(25-16-14-24(15-17-25)20-10-5-2-6-11-20)21-12-7-13-26(21)23(28)29-18-19-8-3-1-4-9-19/h1-6,8-11,21H,7,12-18H2. The molecule has 6 heteroatoms. The fraction of sp³-hybridized carbons (Fsp3) is 0.391. The number of para-hydroxylation sites is 1. The molecule has 1 unspecified atom stereocenters. The zero-order valence-corrected chi connectivity index (χ0v) is 16.6. The minimum atomic E-state index is -0.401. The van der Waals surface area contributed by atoms with Gasteiger partial charge >= 0.3 is 6.09 Å². The summed E-state index contributed by atoms with van der Waals surface area (Å²) in [7, 11) is 0. The minimum absolute atomic E-state index is 0.0480. The number of rotatable bonds is 4. The molecule has 1 atom stereocenters. The van der Waals surface area contributed by atoms with E-state index in [9.17, 15) is 9.59 Å². The van der Waals surface area contributed by atoms with Crippen molar-refractivity contribution in [2.24, 2.45) is 0 Å². The summed E-state index contributed by atoms with van der Waals surface area (Å²) >= 11 is 0. The lowest BCUT2D eigenvalue weighted by Gasteiger charge is -2.38. The van der Waals surface area contributed by atoms with Crippen LogP contribution >= 0.6 is 0 Å². The van der Waals surface area contributed by atoms with Crippen LogP contribution in [0.5, 0.6) is 0 Å². The third-order valence-corrected chi connectivity index (χ3v) is 5.69. The largest absolute Gasteiger partial charge is 0.445 e. The summed E-state index contributed by atoms with van der Waals surface area (Å²) in [6.07, 6.45) is 1.14. The molecule has 2 aliphatic rings. The maximum absolute atomic E-state index is 13.1. The molecule has 0 N–H and O–H groups in total. The minimum Gasteiger partial charge on any atom is -0.445 e. The van der Waals surface area contributed by atoms with Crippen LogP contribution in [0.3, 0.4) is 0 Å². The van der Waals surface area contributed by atoms with E-state index in [0.29, 0.717) is 26.1 Å². The van der Waals surface area contributed by atoms with E-state index in [-0.39, 0.29) is 12.5 Å². The number of carbonyl (C=O) groups excluding carboxylic acids is 2. The molecule has 6 nitrogen and oxygen atoms in total. The maximum atomic E-state index is 13.1. The van der Waals surface area contributed by atoms with Crippen LogP contribution in [0.2, 0.25) is 0 Å². The molecule has 4 rings (SSSR count). The van der Waals surface area contributed by atoms with Crippen LogP contribution in [0, 0.1) is 0 Å². The third-order valence-electron chi connectivity index (χ3n) is 5.69. The molecule has 0 aromatic heterocycles. The van der Waals surface area contributed by atoms with E-state index in [4.69, 9.17) is 4.74 Å². The third kappa shape index (κ3) is 4.53. The lowest BCUT2D eigenvalue weighted by molar-refractivity contribution is -0.135. The van der Waals surface area contributed by atoms with Gasteiger partial charge in [-0.15, -0.1) is 0 Å². The van der Waals surface area contributed by atoms with E-state index in [0.717, 1.165) is 25.1 Å². The fourth-order valence-electron chi connectivity index (χ4n) is 4.08. The summed E-state index contributed by atoms with van der Waals surface area (Å²) in [5, 5.41) is 0. The summed E-state index contributed by atoms with van der Waals surface area (Å²) in [6.45, 7) is 3.77. The number of carbonyl (C=O) groups is 2. The highest BCUT2D eigenvalue weighted by Crippen LogP contribution is 2.23. The fourth-order valence-corrected chi connectivity index (χ4v) is 4.08. The Hall–Kier alpha value is -3.02. The second kappa shape index (κ2) is 8.99. The average molecular weight is 393 g/mol. The Bertz CT molecular complexity index is 820. The van der Waals surface area contributed by atoms with E-state index in [1.807, 2.05) is 53.4 Å². The van der Waals surface area contributed by atoms with Crippen molar-refractivity contribution in [2.45, 2.75) is 25.5 Å². The number of likely N-dealkylation sites (tertiary alicyclic amines) is 1. The van der Waals surface area contributed by atoms with Crippen molar-refractivity contribution < 1.29 is 14.3 Å². The first kappa shape index (κ1) is 19.3. The Kier molecular flexibility index (Phi) is 5.98. The summed E-state index contributed by atoms with van der Waals surface area (Å²) in [4.78, 5) is 31.5. The van der Waals surface area contributed by atoms with Crippen molar-refractivity contribution in [3.8, 4) is 0 Å². The molecule has 0 bridgehead atoms. The van der Waals surface area contributed by atoms with Gasteiger partial charge in [0.1, 0.15) is 12.6 Å². The number of piperazine rings is 1. The topological polar surface area (TPSA) is 53.1 Å².